The monoisotopic (exact) mass is 579 g/mol. The van der Waals surface area contributed by atoms with Crippen LogP contribution in [-0.4, -0.2) is 68.4 Å². The molecule has 40 heavy (non-hydrogen) atoms. The number of anilines is 1. The van der Waals surface area contributed by atoms with Crippen molar-refractivity contribution in [2.75, 3.05) is 37.6 Å². The zero-order valence-corrected chi connectivity index (χ0v) is 24.4. The van der Waals surface area contributed by atoms with Crippen molar-refractivity contribution in [2.45, 2.75) is 39.2 Å². The van der Waals surface area contributed by atoms with E-state index >= 15 is 0 Å². The number of aromatic nitrogens is 1. The Morgan fingerprint density at radius 3 is 2.48 bits per heavy atom. The highest BCUT2D eigenvalue weighted by Gasteiger charge is 2.33. The summed E-state index contributed by atoms with van der Waals surface area (Å²) in [6.07, 6.45) is 3.77. The zero-order chi connectivity index (χ0) is 28.8. The Kier molecular flexibility index (Phi) is 9.79. The van der Waals surface area contributed by atoms with Crippen molar-refractivity contribution in [2.24, 2.45) is 7.05 Å². The topological polar surface area (TPSA) is 110 Å². The smallest absolute Gasteiger partial charge is 0.303 e. The van der Waals surface area contributed by atoms with Crippen molar-refractivity contribution in [1.82, 2.24) is 14.4 Å². The highest BCUT2D eigenvalue weighted by molar-refractivity contribution is 8.26. The molecule has 0 radical (unpaired) electrons. The van der Waals surface area contributed by atoms with Crippen LogP contribution in [0.1, 0.15) is 47.9 Å². The molecule has 9 nitrogen and oxygen atoms in total. The fraction of sp³-hybridized carbons (Fsp3) is 0.414. The average molecular weight is 580 g/mol. The van der Waals surface area contributed by atoms with Crippen LogP contribution in [0, 0.1) is 18.3 Å². The lowest BCUT2D eigenvalue weighted by atomic mass is 10.0. The second kappa shape index (κ2) is 13.3. The van der Waals surface area contributed by atoms with E-state index in [1.54, 1.807) is 24.9 Å². The molecule has 1 amide bonds. The molecule has 2 aromatic rings. The predicted octanol–water partition coefficient (Wildman–Crippen LogP) is 3.73. The quantitative estimate of drug-likeness (QED) is 0.256. The van der Waals surface area contributed by atoms with E-state index in [-0.39, 0.29) is 23.5 Å². The maximum absolute atomic E-state index is 13.3. The third kappa shape index (κ3) is 6.63. The number of benzene rings is 1. The maximum Gasteiger partial charge on any atom is 0.303 e. The first-order valence-corrected chi connectivity index (χ1v) is 14.6. The number of thioether (sulfide) groups is 1. The number of aliphatic carboxylic acids is 1. The van der Waals surface area contributed by atoms with Crippen molar-refractivity contribution in [3.63, 3.8) is 0 Å². The van der Waals surface area contributed by atoms with Gasteiger partial charge in [0.05, 0.1) is 4.91 Å². The third-order valence-electron chi connectivity index (χ3n) is 7.31. The van der Waals surface area contributed by atoms with Gasteiger partial charge in [0.15, 0.2) is 0 Å². The van der Waals surface area contributed by atoms with Gasteiger partial charge in [0.2, 0.25) is 0 Å². The van der Waals surface area contributed by atoms with Gasteiger partial charge in [0, 0.05) is 58.3 Å². The molecule has 2 fully saturated rings. The summed E-state index contributed by atoms with van der Waals surface area (Å²) in [5, 5.41) is 18.6. The number of piperazine rings is 1. The van der Waals surface area contributed by atoms with Gasteiger partial charge in [-0.1, -0.05) is 60.7 Å². The molecule has 0 aliphatic carbocycles. The van der Waals surface area contributed by atoms with Crippen LogP contribution < -0.4 is 10.5 Å². The number of hydrogen-bond donors (Lipinski definition) is 1. The minimum Gasteiger partial charge on any atom is -0.481 e. The minimum absolute atomic E-state index is 0.0640. The van der Waals surface area contributed by atoms with Crippen LogP contribution in [0.25, 0.3) is 6.08 Å². The molecular weight excluding hydrogens is 546 g/mol. The second-order valence-electron chi connectivity index (χ2n) is 10.00. The third-order valence-corrected chi connectivity index (χ3v) is 8.69. The van der Waals surface area contributed by atoms with E-state index in [0.717, 1.165) is 19.6 Å². The molecule has 4 rings (SSSR count). The van der Waals surface area contributed by atoms with Crippen LogP contribution in [0.5, 0.6) is 0 Å². The standard InChI is InChI=1S/C29H33N5O4S2/c1-20-22(17-24-28(38)34(29(39)40-24)12-8-4-7-11-25(35)36)26(31(2)27(37)23(20)18-30)33-15-13-32(14-16-33)19-21-9-5-3-6-10-21/h3,5-6,9-10,17H,4,7-8,11-16,19H2,1-2H3,(H,35,36). The van der Waals surface area contributed by atoms with E-state index in [2.05, 4.69) is 28.0 Å². The summed E-state index contributed by atoms with van der Waals surface area (Å²) in [4.78, 5) is 43.7. The number of carboxylic acids is 1. The summed E-state index contributed by atoms with van der Waals surface area (Å²) >= 11 is 6.70. The molecule has 0 spiro atoms. The summed E-state index contributed by atoms with van der Waals surface area (Å²) in [6.45, 7) is 6.05. The SMILES string of the molecule is Cc1c(C=C2SC(=S)N(CCCCCC(=O)O)C2=O)c(N2CCN(Cc3ccccc3)CC2)n(C)c(=O)c1C#N. The molecule has 2 aliphatic rings. The Balaban J connectivity index is 1.57. The largest absolute Gasteiger partial charge is 0.481 e. The number of hydrogen-bond acceptors (Lipinski definition) is 8. The van der Waals surface area contributed by atoms with Gasteiger partial charge in [-0.05, 0) is 37.0 Å². The summed E-state index contributed by atoms with van der Waals surface area (Å²) in [5.74, 6) is -0.343. The van der Waals surface area contributed by atoms with Crippen molar-refractivity contribution < 1.29 is 14.7 Å². The Hall–Kier alpha value is -3.46. The molecule has 1 aromatic heterocycles. The van der Waals surface area contributed by atoms with Crippen molar-refractivity contribution in [3.8, 4) is 6.07 Å². The van der Waals surface area contributed by atoms with E-state index < -0.39 is 5.97 Å². The molecule has 0 unspecified atom stereocenters. The van der Waals surface area contributed by atoms with Crippen molar-refractivity contribution >= 4 is 52.1 Å². The van der Waals surface area contributed by atoms with Crippen LogP contribution in [0.15, 0.2) is 40.0 Å². The number of amides is 1. The van der Waals surface area contributed by atoms with Gasteiger partial charge < -0.3 is 10.0 Å². The molecule has 210 valence electrons. The average Bonchev–Trinajstić information content (AvgIpc) is 3.20. The van der Waals surface area contributed by atoms with Gasteiger partial charge in [-0.25, -0.2) is 0 Å². The van der Waals surface area contributed by atoms with Crippen LogP contribution >= 0.6 is 24.0 Å². The first-order chi connectivity index (χ1) is 19.2. The summed E-state index contributed by atoms with van der Waals surface area (Å²) in [5.41, 5.74) is 2.19. The molecule has 1 N–H and O–H groups in total. The first kappa shape index (κ1) is 29.5. The first-order valence-electron chi connectivity index (χ1n) is 13.3. The van der Waals surface area contributed by atoms with Crippen LogP contribution in [-0.2, 0) is 23.2 Å². The Labute approximate surface area is 243 Å². The molecule has 2 aliphatic heterocycles. The van der Waals surface area contributed by atoms with E-state index in [0.29, 0.717) is 65.1 Å². The molecule has 0 bridgehead atoms. The molecule has 2 saturated heterocycles. The van der Waals surface area contributed by atoms with Gasteiger partial charge in [-0.15, -0.1) is 0 Å². The van der Waals surface area contributed by atoms with Crippen LogP contribution in [0.2, 0.25) is 0 Å². The number of carbonyl (C=O) groups excluding carboxylic acids is 1. The van der Waals surface area contributed by atoms with Gasteiger partial charge >= 0.3 is 5.97 Å². The molecule has 0 saturated carbocycles. The lowest BCUT2D eigenvalue weighted by Gasteiger charge is -2.37. The molecule has 11 heteroatoms. The minimum atomic E-state index is -0.827. The second-order valence-corrected chi connectivity index (χ2v) is 11.7. The number of pyridine rings is 1. The summed E-state index contributed by atoms with van der Waals surface area (Å²) in [6, 6.07) is 12.4. The highest BCUT2D eigenvalue weighted by atomic mass is 32.2. The molecule has 3 heterocycles. The fourth-order valence-electron chi connectivity index (χ4n) is 5.10. The highest BCUT2D eigenvalue weighted by Crippen LogP contribution is 2.36. The van der Waals surface area contributed by atoms with E-state index in [4.69, 9.17) is 17.3 Å². The number of unbranched alkanes of at least 4 members (excludes halogenated alkanes) is 2. The number of nitriles is 1. The van der Waals surface area contributed by atoms with E-state index in [1.165, 1.54) is 21.9 Å². The van der Waals surface area contributed by atoms with Gasteiger partial charge in [-0.3, -0.25) is 28.8 Å². The van der Waals surface area contributed by atoms with E-state index in [1.807, 2.05) is 18.2 Å². The van der Waals surface area contributed by atoms with Crippen molar-refractivity contribution in [3.05, 3.63) is 67.8 Å². The molecule has 1 aromatic carbocycles. The lowest BCUT2D eigenvalue weighted by molar-refractivity contribution is -0.137. The Morgan fingerprint density at radius 2 is 1.82 bits per heavy atom. The van der Waals surface area contributed by atoms with Gasteiger partial charge in [-0.2, -0.15) is 5.26 Å². The number of carbonyl (C=O) groups is 2. The fourth-order valence-corrected chi connectivity index (χ4v) is 6.39. The number of thiocarbonyl (C=S) groups is 1. The summed E-state index contributed by atoms with van der Waals surface area (Å²) in [7, 11) is 1.67. The van der Waals surface area contributed by atoms with Crippen molar-refractivity contribution in [1.29, 1.82) is 5.26 Å². The Bertz CT molecular complexity index is 1420. The van der Waals surface area contributed by atoms with Gasteiger partial charge in [0.25, 0.3) is 11.5 Å². The molecular formula is C29H33N5O4S2. The van der Waals surface area contributed by atoms with Gasteiger partial charge in [0.1, 0.15) is 21.8 Å². The number of carboxylic acid groups (broad SMARTS) is 1. The lowest BCUT2D eigenvalue weighted by Crippen LogP contribution is -2.48. The van der Waals surface area contributed by atoms with E-state index in [9.17, 15) is 19.6 Å². The number of nitrogens with zero attached hydrogens (tertiary/aromatic N) is 5. The van der Waals surface area contributed by atoms with Crippen LogP contribution in [0.4, 0.5) is 5.82 Å². The molecule has 0 atom stereocenters. The van der Waals surface area contributed by atoms with Crippen LogP contribution in [0.3, 0.4) is 0 Å². The number of rotatable bonds is 10. The predicted molar refractivity (Wildman–Crippen MR) is 161 cm³/mol. The Morgan fingerprint density at radius 1 is 1.12 bits per heavy atom. The summed E-state index contributed by atoms with van der Waals surface area (Å²) < 4.78 is 1.97. The normalized spacial score (nSPS) is 17.1. The maximum atomic E-state index is 13.3. The zero-order valence-electron chi connectivity index (χ0n) is 22.8.